The number of hydrogen-bond donors (Lipinski definition) is 0. The Bertz CT molecular complexity index is 177. The Morgan fingerprint density at radius 3 is 2.77 bits per heavy atom. The van der Waals surface area contributed by atoms with Crippen LogP contribution in [0.1, 0.15) is 38.5 Å². The maximum Gasteiger partial charge on any atom is 0.169 e. The zero-order valence-electron chi connectivity index (χ0n) is 8.13. The first-order chi connectivity index (χ1) is 6.35. The van der Waals surface area contributed by atoms with Crippen molar-refractivity contribution in [2.45, 2.75) is 50.4 Å². The van der Waals surface area contributed by atoms with Crippen LogP contribution in [-0.2, 0) is 9.47 Å². The lowest BCUT2D eigenvalue weighted by Crippen LogP contribution is -2.44. The fraction of sp³-hybridized carbons (Fsp3) is 0.818. The van der Waals surface area contributed by atoms with Gasteiger partial charge in [0.25, 0.3) is 0 Å². The van der Waals surface area contributed by atoms with Crippen LogP contribution in [-0.4, -0.2) is 18.5 Å². The summed E-state index contributed by atoms with van der Waals surface area (Å²) in [5, 5.41) is 0. The summed E-state index contributed by atoms with van der Waals surface area (Å²) in [5.74, 6) is -0.241. The molecule has 0 unspecified atom stereocenters. The van der Waals surface area contributed by atoms with Gasteiger partial charge in [0, 0.05) is 12.8 Å². The molecule has 2 fully saturated rings. The van der Waals surface area contributed by atoms with E-state index >= 15 is 0 Å². The second-order valence-electron chi connectivity index (χ2n) is 4.00. The van der Waals surface area contributed by atoms with Crippen LogP contribution in [0.4, 0.5) is 0 Å². The minimum Gasteiger partial charge on any atom is -0.350 e. The quantitative estimate of drug-likeness (QED) is 0.580. The lowest BCUT2D eigenvalue weighted by atomic mass is 9.95. The summed E-state index contributed by atoms with van der Waals surface area (Å²) in [5.41, 5.74) is 0. The van der Waals surface area contributed by atoms with E-state index in [1.165, 1.54) is 19.3 Å². The van der Waals surface area contributed by atoms with E-state index in [9.17, 15) is 0 Å². The highest BCUT2D eigenvalue weighted by atomic mass is 16.7. The molecule has 2 aliphatic heterocycles. The van der Waals surface area contributed by atoms with Gasteiger partial charge in [-0.25, -0.2) is 0 Å². The monoisotopic (exact) mass is 182 g/mol. The van der Waals surface area contributed by atoms with Gasteiger partial charge < -0.3 is 9.47 Å². The van der Waals surface area contributed by atoms with Gasteiger partial charge in [0.2, 0.25) is 0 Å². The van der Waals surface area contributed by atoms with Crippen molar-refractivity contribution in [2.75, 3.05) is 6.61 Å². The Kier molecular flexibility index (Phi) is 2.70. The van der Waals surface area contributed by atoms with Gasteiger partial charge in [0.05, 0.1) is 12.7 Å². The molecule has 2 rings (SSSR count). The van der Waals surface area contributed by atoms with Gasteiger partial charge in [-0.15, -0.1) is 6.58 Å². The molecule has 2 nitrogen and oxygen atoms in total. The fourth-order valence-corrected chi connectivity index (χ4v) is 2.25. The number of hydrogen-bond acceptors (Lipinski definition) is 2. The second-order valence-corrected chi connectivity index (χ2v) is 4.00. The molecule has 13 heavy (non-hydrogen) atoms. The smallest absolute Gasteiger partial charge is 0.169 e. The van der Waals surface area contributed by atoms with E-state index in [1.54, 1.807) is 0 Å². The Morgan fingerprint density at radius 1 is 1.23 bits per heavy atom. The zero-order chi connectivity index (χ0) is 9.15. The minimum absolute atomic E-state index is 0.215. The standard InChI is InChI=1S/C11H18O2/c1-2-10-6-5-8-11(13-10)7-3-4-9-12-11/h2,10H,1,3-9H2/t10-,11-/m0/s1. The molecule has 0 aromatic carbocycles. The first-order valence-corrected chi connectivity index (χ1v) is 5.29. The summed E-state index contributed by atoms with van der Waals surface area (Å²) >= 11 is 0. The van der Waals surface area contributed by atoms with Crippen molar-refractivity contribution in [3.63, 3.8) is 0 Å². The summed E-state index contributed by atoms with van der Waals surface area (Å²) in [6.45, 7) is 4.65. The van der Waals surface area contributed by atoms with Crippen molar-refractivity contribution in [2.24, 2.45) is 0 Å². The molecular formula is C11H18O2. The van der Waals surface area contributed by atoms with E-state index in [0.29, 0.717) is 0 Å². The average Bonchev–Trinajstić information content (AvgIpc) is 2.19. The average molecular weight is 182 g/mol. The largest absolute Gasteiger partial charge is 0.350 e. The van der Waals surface area contributed by atoms with Gasteiger partial charge in [-0.05, 0) is 25.7 Å². The summed E-state index contributed by atoms with van der Waals surface area (Å²) < 4.78 is 11.7. The van der Waals surface area contributed by atoms with Crippen LogP contribution in [0.15, 0.2) is 12.7 Å². The number of ether oxygens (including phenoxy) is 2. The Balaban J connectivity index is 1.99. The molecule has 2 atom stereocenters. The van der Waals surface area contributed by atoms with Crippen molar-refractivity contribution in [3.05, 3.63) is 12.7 Å². The third-order valence-corrected chi connectivity index (χ3v) is 2.99. The predicted molar refractivity (Wildman–Crippen MR) is 51.5 cm³/mol. The molecule has 2 saturated heterocycles. The van der Waals surface area contributed by atoms with E-state index in [-0.39, 0.29) is 11.9 Å². The first-order valence-electron chi connectivity index (χ1n) is 5.29. The molecule has 2 heterocycles. The van der Waals surface area contributed by atoms with E-state index < -0.39 is 0 Å². The third kappa shape index (κ3) is 1.94. The summed E-state index contributed by atoms with van der Waals surface area (Å²) in [6, 6.07) is 0. The molecule has 0 radical (unpaired) electrons. The lowest BCUT2D eigenvalue weighted by molar-refractivity contribution is -0.286. The van der Waals surface area contributed by atoms with Crippen LogP contribution in [0.3, 0.4) is 0 Å². The van der Waals surface area contributed by atoms with Crippen molar-refractivity contribution < 1.29 is 9.47 Å². The van der Waals surface area contributed by atoms with Crippen LogP contribution in [0.5, 0.6) is 0 Å². The topological polar surface area (TPSA) is 18.5 Å². The zero-order valence-corrected chi connectivity index (χ0v) is 8.13. The van der Waals surface area contributed by atoms with Crippen molar-refractivity contribution in [1.29, 1.82) is 0 Å². The molecule has 0 amide bonds. The lowest BCUT2D eigenvalue weighted by Gasteiger charge is -2.42. The van der Waals surface area contributed by atoms with Crippen LogP contribution < -0.4 is 0 Å². The molecule has 1 spiro atoms. The molecular weight excluding hydrogens is 164 g/mol. The van der Waals surface area contributed by atoms with E-state index in [2.05, 4.69) is 6.58 Å². The van der Waals surface area contributed by atoms with Gasteiger partial charge in [0.15, 0.2) is 5.79 Å². The van der Waals surface area contributed by atoms with Crippen LogP contribution in [0.25, 0.3) is 0 Å². The normalized spacial score (nSPS) is 40.5. The highest BCUT2D eigenvalue weighted by molar-refractivity contribution is 4.88. The minimum atomic E-state index is -0.241. The summed E-state index contributed by atoms with van der Waals surface area (Å²) in [4.78, 5) is 0. The van der Waals surface area contributed by atoms with Gasteiger partial charge >= 0.3 is 0 Å². The van der Waals surface area contributed by atoms with Crippen LogP contribution >= 0.6 is 0 Å². The maximum absolute atomic E-state index is 5.92. The summed E-state index contributed by atoms with van der Waals surface area (Å²) in [7, 11) is 0. The maximum atomic E-state index is 5.92. The van der Waals surface area contributed by atoms with Crippen molar-refractivity contribution in [1.82, 2.24) is 0 Å². The molecule has 74 valence electrons. The van der Waals surface area contributed by atoms with E-state index in [0.717, 1.165) is 25.9 Å². The van der Waals surface area contributed by atoms with E-state index in [4.69, 9.17) is 9.47 Å². The van der Waals surface area contributed by atoms with E-state index in [1.807, 2.05) is 6.08 Å². The first kappa shape index (κ1) is 9.22. The van der Waals surface area contributed by atoms with Crippen molar-refractivity contribution in [3.8, 4) is 0 Å². The van der Waals surface area contributed by atoms with Crippen molar-refractivity contribution >= 4 is 0 Å². The van der Waals surface area contributed by atoms with Gasteiger partial charge in [0.1, 0.15) is 0 Å². The van der Waals surface area contributed by atoms with Gasteiger partial charge in [-0.3, -0.25) is 0 Å². The van der Waals surface area contributed by atoms with Crippen LogP contribution in [0.2, 0.25) is 0 Å². The SMILES string of the molecule is C=C[C@H]1CCC[C@]2(CCCCO2)O1. The second kappa shape index (κ2) is 3.81. The van der Waals surface area contributed by atoms with Crippen LogP contribution in [0, 0.1) is 0 Å². The highest BCUT2D eigenvalue weighted by Crippen LogP contribution is 2.36. The third-order valence-electron chi connectivity index (χ3n) is 2.99. The molecule has 0 N–H and O–H groups in total. The molecule has 2 aliphatic rings. The highest BCUT2D eigenvalue weighted by Gasteiger charge is 2.38. The Hall–Kier alpha value is -0.340. The molecule has 0 bridgehead atoms. The summed E-state index contributed by atoms with van der Waals surface area (Å²) in [6.07, 6.45) is 8.99. The number of rotatable bonds is 1. The molecule has 0 saturated carbocycles. The molecule has 0 aromatic rings. The predicted octanol–water partition coefficient (Wildman–Crippen LogP) is 2.64. The van der Waals surface area contributed by atoms with Gasteiger partial charge in [-0.2, -0.15) is 0 Å². The molecule has 0 aromatic heterocycles. The molecule has 2 heteroatoms. The molecule has 0 aliphatic carbocycles. The fourth-order valence-electron chi connectivity index (χ4n) is 2.25. The van der Waals surface area contributed by atoms with Gasteiger partial charge in [-0.1, -0.05) is 6.08 Å². The Labute approximate surface area is 79.9 Å². The Morgan fingerprint density at radius 2 is 2.08 bits per heavy atom.